The van der Waals surface area contributed by atoms with Crippen molar-refractivity contribution in [3.8, 4) is 5.75 Å². The Morgan fingerprint density at radius 1 is 1.30 bits per heavy atom. The molecule has 20 heavy (non-hydrogen) atoms. The molecule has 0 aliphatic heterocycles. The second-order valence-electron chi connectivity index (χ2n) is 4.77. The average Bonchev–Trinajstić information content (AvgIpc) is 3.28. The fourth-order valence-electron chi connectivity index (χ4n) is 1.81. The van der Waals surface area contributed by atoms with Crippen molar-refractivity contribution in [2.24, 2.45) is 5.92 Å². The molecule has 1 aliphatic carbocycles. The minimum Gasteiger partial charge on any atom is -0.497 e. The lowest BCUT2D eigenvalue weighted by atomic mass is 10.1. The number of nitrogen functional groups attached to an aromatic ring is 1. The van der Waals surface area contributed by atoms with Gasteiger partial charge in [0.05, 0.1) is 12.7 Å². The van der Waals surface area contributed by atoms with E-state index in [0.29, 0.717) is 30.1 Å². The third-order valence-electron chi connectivity index (χ3n) is 3.16. The topological polar surface area (TPSA) is 93.4 Å². The SMILES string of the molecule is COc1ccc(N)c(C(=O)NCCNC(=O)C2CC2)c1. The maximum Gasteiger partial charge on any atom is 0.253 e. The third-order valence-corrected chi connectivity index (χ3v) is 3.16. The Kier molecular flexibility index (Phi) is 4.45. The summed E-state index contributed by atoms with van der Waals surface area (Å²) in [5, 5.41) is 5.50. The van der Waals surface area contributed by atoms with Gasteiger partial charge in [-0.1, -0.05) is 0 Å². The maximum atomic E-state index is 12.0. The monoisotopic (exact) mass is 277 g/mol. The molecule has 0 radical (unpaired) electrons. The lowest BCUT2D eigenvalue weighted by Crippen LogP contribution is -2.35. The van der Waals surface area contributed by atoms with Gasteiger partial charge in [-0.2, -0.15) is 0 Å². The molecule has 1 aliphatic rings. The zero-order chi connectivity index (χ0) is 14.5. The molecular weight excluding hydrogens is 258 g/mol. The number of amides is 2. The number of nitrogens with two attached hydrogens (primary N) is 1. The summed E-state index contributed by atoms with van der Waals surface area (Å²) in [6, 6.07) is 4.91. The summed E-state index contributed by atoms with van der Waals surface area (Å²) in [6.45, 7) is 0.791. The molecule has 108 valence electrons. The molecule has 2 amide bonds. The van der Waals surface area contributed by atoms with Gasteiger partial charge in [-0.25, -0.2) is 0 Å². The second kappa shape index (κ2) is 6.27. The van der Waals surface area contributed by atoms with Crippen LogP contribution < -0.4 is 21.1 Å². The summed E-state index contributed by atoms with van der Waals surface area (Å²) in [4.78, 5) is 23.4. The first-order valence-electron chi connectivity index (χ1n) is 6.61. The zero-order valence-corrected chi connectivity index (χ0v) is 11.4. The van der Waals surface area contributed by atoms with E-state index in [1.165, 1.54) is 7.11 Å². The first-order chi connectivity index (χ1) is 9.61. The van der Waals surface area contributed by atoms with E-state index in [9.17, 15) is 9.59 Å². The van der Waals surface area contributed by atoms with Gasteiger partial charge in [-0.3, -0.25) is 9.59 Å². The standard InChI is InChI=1S/C14H19N3O3/c1-20-10-4-5-12(15)11(8-10)14(19)17-7-6-16-13(18)9-2-3-9/h4-5,8-9H,2-3,6-7,15H2,1H3,(H,16,18)(H,17,19). The van der Waals surface area contributed by atoms with Gasteiger partial charge < -0.3 is 21.1 Å². The Balaban J connectivity index is 1.80. The van der Waals surface area contributed by atoms with Crippen molar-refractivity contribution in [3.63, 3.8) is 0 Å². The van der Waals surface area contributed by atoms with Crippen LogP contribution in [-0.4, -0.2) is 32.0 Å². The van der Waals surface area contributed by atoms with Crippen molar-refractivity contribution in [2.75, 3.05) is 25.9 Å². The van der Waals surface area contributed by atoms with E-state index >= 15 is 0 Å². The van der Waals surface area contributed by atoms with Crippen LogP contribution in [0.3, 0.4) is 0 Å². The number of nitrogens with one attached hydrogen (secondary N) is 2. The van der Waals surface area contributed by atoms with Gasteiger partial charge in [-0.15, -0.1) is 0 Å². The largest absolute Gasteiger partial charge is 0.497 e. The van der Waals surface area contributed by atoms with Crippen molar-refractivity contribution in [2.45, 2.75) is 12.8 Å². The highest BCUT2D eigenvalue weighted by Crippen LogP contribution is 2.28. The molecule has 0 aromatic heterocycles. The number of carbonyl (C=O) groups is 2. The Morgan fingerprint density at radius 2 is 2.00 bits per heavy atom. The number of methoxy groups -OCH3 is 1. The molecule has 0 bridgehead atoms. The number of rotatable bonds is 6. The number of ether oxygens (including phenoxy) is 1. The Labute approximate surface area is 117 Å². The first-order valence-corrected chi connectivity index (χ1v) is 6.61. The zero-order valence-electron chi connectivity index (χ0n) is 11.4. The van der Waals surface area contributed by atoms with Crippen molar-refractivity contribution < 1.29 is 14.3 Å². The fraction of sp³-hybridized carbons (Fsp3) is 0.429. The summed E-state index contributed by atoms with van der Waals surface area (Å²) < 4.78 is 5.06. The van der Waals surface area contributed by atoms with Crippen LogP contribution in [0.1, 0.15) is 23.2 Å². The van der Waals surface area contributed by atoms with Gasteiger partial charge in [0.15, 0.2) is 0 Å². The van der Waals surface area contributed by atoms with Gasteiger partial charge in [0.25, 0.3) is 5.91 Å². The van der Waals surface area contributed by atoms with Gasteiger partial charge in [-0.05, 0) is 31.0 Å². The van der Waals surface area contributed by atoms with Crippen LogP contribution in [-0.2, 0) is 4.79 Å². The van der Waals surface area contributed by atoms with Crippen molar-refractivity contribution in [3.05, 3.63) is 23.8 Å². The summed E-state index contributed by atoms with van der Waals surface area (Å²) >= 11 is 0. The summed E-state index contributed by atoms with van der Waals surface area (Å²) in [6.07, 6.45) is 1.94. The van der Waals surface area contributed by atoms with Gasteiger partial charge in [0.2, 0.25) is 5.91 Å². The molecule has 1 aromatic carbocycles. The predicted molar refractivity (Wildman–Crippen MR) is 75.5 cm³/mol. The van der Waals surface area contributed by atoms with E-state index < -0.39 is 0 Å². The average molecular weight is 277 g/mol. The molecule has 1 fully saturated rings. The number of anilines is 1. The molecule has 2 rings (SSSR count). The molecule has 0 atom stereocenters. The predicted octanol–water partition coefficient (Wildman–Crippen LogP) is 0.533. The molecule has 1 saturated carbocycles. The Hall–Kier alpha value is -2.24. The van der Waals surface area contributed by atoms with E-state index in [1.54, 1.807) is 18.2 Å². The molecular formula is C14H19N3O3. The van der Waals surface area contributed by atoms with Gasteiger partial charge in [0.1, 0.15) is 5.75 Å². The highest BCUT2D eigenvalue weighted by atomic mass is 16.5. The second-order valence-corrected chi connectivity index (χ2v) is 4.77. The lowest BCUT2D eigenvalue weighted by Gasteiger charge is -2.09. The molecule has 0 unspecified atom stereocenters. The molecule has 0 heterocycles. The maximum absolute atomic E-state index is 12.0. The van der Waals surface area contributed by atoms with Crippen LogP contribution in [0.4, 0.5) is 5.69 Å². The van der Waals surface area contributed by atoms with Crippen molar-refractivity contribution >= 4 is 17.5 Å². The number of carbonyl (C=O) groups excluding carboxylic acids is 2. The molecule has 6 nitrogen and oxygen atoms in total. The molecule has 0 saturated heterocycles. The quantitative estimate of drug-likeness (QED) is 0.522. The smallest absolute Gasteiger partial charge is 0.253 e. The highest BCUT2D eigenvalue weighted by Gasteiger charge is 2.28. The van der Waals surface area contributed by atoms with Gasteiger partial charge in [0, 0.05) is 24.7 Å². The fourth-order valence-corrected chi connectivity index (χ4v) is 1.81. The molecule has 4 N–H and O–H groups in total. The van der Waals surface area contributed by atoms with Crippen LogP contribution in [0.2, 0.25) is 0 Å². The highest BCUT2D eigenvalue weighted by molar-refractivity contribution is 5.99. The Morgan fingerprint density at radius 3 is 2.65 bits per heavy atom. The van der Waals surface area contributed by atoms with Gasteiger partial charge >= 0.3 is 0 Å². The summed E-state index contributed by atoms with van der Waals surface area (Å²) in [5.74, 6) is 0.549. The lowest BCUT2D eigenvalue weighted by molar-refractivity contribution is -0.122. The van der Waals surface area contributed by atoms with E-state index in [4.69, 9.17) is 10.5 Å². The molecule has 0 spiro atoms. The molecule has 1 aromatic rings. The number of hydrogen-bond acceptors (Lipinski definition) is 4. The number of benzene rings is 1. The third kappa shape index (κ3) is 3.63. The van der Waals surface area contributed by atoms with Crippen LogP contribution in [0.15, 0.2) is 18.2 Å². The number of hydrogen-bond donors (Lipinski definition) is 3. The van der Waals surface area contributed by atoms with Crippen LogP contribution in [0.5, 0.6) is 5.75 Å². The normalized spacial score (nSPS) is 13.7. The summed E-state index contributed by atoms with van der Waals surface area (Å²) in [7, 11) is 1.53. The van der Waals surface area contributed by atoms with Crippen LogP contribution in [0.25, 0.3) is 0 Å². The van der Waals surface area contributed by atoms with E-state index in [1.807, 2.05) is 0 Å². The Bertz CT molecular complexity index is 512. The van der Waals surface area contributed by atoms with Crippen LogP contribution in [0, 0.1) is 5.92 Å². The van der Waals surface area contributed by atoms with E-state index in [0.717, 1.165) is 12.8 Å². The van der Waals surface area contributed by atoms with E-state index in [-0.39, 0.29) is 17.7 Å². The minimum absolute atomic E-state index is 0.0696. The molecule has 6 heteroatoms. The summed E-state index contributed by atoms with van der Waals surface area (Å²) in [5.41, 5.74) is 6.53. The first kappa shape index (κ1) is 14.2. The minimum atomic E-state index is -0.276. The van der Waals surface area contributed by atoms with Crippen molar-refractivity contribution in [1.82, 2.24) is 10.6 Å². The van der Waals surface area contributed by atoms with Crippen LogP contribution >= 0.6 is 0 Å². The van der Waals surface area contributed by atoms with Crippen molar-refractivity contribution in [1.29, 1.82) is 0 Å². The van der Waals surface area contributed by atoms with E-state index in [2.05, 4.69) is 10.6 Å².